The Morgan fingerprint density at radius 1 is 0.963 bits per heavy atom. The lowest BCUT2D eigenvalue weighted by Crippen LogP contribution is -2.24. The molecule has 0 radical (unpaired) electrons. The minimum Gasteiger partial charge on any atom is -0.497 e. The van der Waals surface area contributed by atoms with E-state index in [0.717, 1.165) is 16.9 Å². The lowest BCUT2D eigenvalue weighted by atomic mass is 10.2. The summed E-state index contributed by atoms with van der Waals surface area (Å²) in [5.74, 6) is 1.74. The molecule has 0 aliphatic rings. The largest absolute Gasteiger partial charge is 0.497 e. The zero-order valence-electron chi connectivity index (χ0n) is 15.4. The maximum atomic E-state index is 12.4. The van der Waals surface area contributed by atoms with Gasteiger partial charge in [-0.3, -0.25) is 4.79 Å². The fraction of sp³-hybridized carbons (Fsp3) is 0.190. The van der Waals surface area contributed by atoms with Crippen LogP contribution in [0.15, 0.2) is 60.7 Å². The van der Waals surface area contributed by atoms with Gasteiger partial charge in [0.15, 0.2) is 0 Å². The van der Waals surface area contributed by atoms with Gasteiger partial charge in [-0.05, 0) is 30.2 Å². The van der Waals surface area contributed by atoms with Gasteiger partial charge in [0.2, 0.25) is 0 Å². The predicted molar refractivity (Wildman–Crippen MR) is 105 cm³/mol. The van der Waals surface area contributed by atoms with E-state index in [-0.39, 0.29) is 5.91 Å². The molecule has 2 aromatic carbocycles. The molecule has 0 saturated carbocycles. The molecule has 27 heavy (non-hydrogen) atoms. The van der Waals surface area contributed by atoms with Crippen molar-refractivity contribution in [2.45, 2.75) is 20.0 Å². The highest BCUT2D eigenvalue weighted by Crippen LogP contribution is 2.13. The molecule has 6 nitrogen and oxygen atoms in total. The Hall–Kier alpha value is -3.41. The molecule has 0 saturated heterocycles. The quantitative estimate of drug-likeness (QED) is 0.674. The van der Waals surface area contributed by atoms with E-state index >= 15 is 0 Å². The van der Waals surface area contributed by atoms with Crippen molar-refractivity contribution in [3.8, 4) is 5.75 Å². The Bertz CT molecular complexity index is 896. The second-order valence-electron chi connectivity index (χ2n) is 6.06. The number of hydrogen-bond acceptors (Lipinski definition) is 5. The van der Waals surface area contributed by atoms with Crippen molar-refractivity contribution in [2.75, 3.05) is 12.4 Å². The van der Waals surface area contributed by atoms with Crippen molar-refractivity contribution < 1.29 is 9.53 Å². The molecular weight excluding hydrogens is 340 g/mol. The van der Waals surface area contributed by atoms with Crippen LogP contribution in [0, 0.1) is 6.92 Å². The van der Waals surface area contributed by atoms with Crippen LogP contribution in [0.25, 0.3) is 0 Å². The average molecular weight is 362 g/mol. The van der Waals surface area contributed by atoms with Crippen LogP contribution in [-0.4, -0.2) is 23.0 Å². The molecular formula is C21H22N4O2. The number of carbonyl (C=O) groups is 1. The number of anilines is 1. The molecule has 0 aliphatic heterocycles. The van der Waals surface area contributed by atoms with Crippen molar-refractivity contribution in [3.05, 3.63) is 83.3 Å². The van der Waals surface area contributed by atoms with Gasteiger partial charge < -0.3 is 15.4 Å². The summed E-state index contributed by atoms with van der Waals surface area (Å²) in [6.07, 6.45) is 0. The van der Waals surface area contributed by atoms with Crippen molar-refractivity contribution in [1.29, 1.82) is 0 Å². The first kappa shape index (κ1) is 18.4. The van der Waals surface area contributed by atoms with Crippen LogP contribution in [0.1, 0.15) is 27.4 Å². The van der Waals surface area contributed by atoms with Crippen LogP contribution in [0.4, 0.5) is 5.82 Å². The second-order valence-corrected chi connectivity index (χ2v) is 6.06. The number of benzene rings is 2. The zero-order valence-corrected chi connectivity index (χ0v) is 15.4. The van der Waals surface area contributed by atoms with Crippen LogP contribution in [-0.2, 0) is 13.1 Å². The van der Waals surface area contributed by atoms with Crippen molar-refractivity contribution in [3.63, 3.8) is 0 Å². The molecule has 3 aromatic rings. The molecule has 0 fully saturated rings. The highest BCUT2D eigenvalue weighted by molar-refractivity contribution is 5.92. The Kier molecular flexibility index (Phi) is 5.99. The van der Waals surface area contributed by atoms with Gasteiger partial charge in [-0.15, -0.1) is 0 Å². The summed E-state index contributed by atoms with van der Waals surface area (Å²) in [4.78, 5) is 21.0. The number of aryl methyl sites for hydroxylation is 1. The number of carbonyl (C=O) groups excluding carboxylic acids is 1. The molecule has 0 unspecified atom stereocenters. The highest BCUT2D eigenvalue weighted by Gasteiger charge is 2.10. The summed E-state index contributed by atoms with van der Waals surface area (Å²) in [6, 6.07) is 19.2. The highest BCUT2D eigenvalue weighted by atomic mass is 16.5. The maximum absolute atomic E-state index is 12.4. The summed E-state index contributed by atoms with van der Waals surface area (Å²) in [5, 5.41) is 6.12. The number of aromatic nitrogens is 2. The number of ether oxygens (including phenoxy) is 1. The Morgan fingerprint density at radius 2 is 1.67 bits per heavy atom. The number of nitrogens with zero attached hydrogens (tertiary/aromatic N) is 2. The van der Waals surface area contributed by atoms with E-state index < -0.39 is 0 Å². The first-order valence-corrected chi connectivity index (χ1v) is 8.68. The third kappa shape index (κ3) is 5.28. The third-order valence-corrected chi connectivity index (χ3v) is 4.00. The monoisotopic (exact) mass is 362 g/mol. The molecule has 1 amide bonds. The molecule has 6 heteroatoms. The number of methoxy groups -OCH3 is 1. The van der Waals surface area contributed by atoms with E-state index in [9.17, 15) is 4.79 Å². The van der Waals surface area contributed by atoms with Crippen molar-refractivity contribution in [1.82, 2.24) is 15.3 Å². The van der Waals surface area contributed by atoms with Crippen molar-refractivity contribution >= 4 is 11.7 Å². The fourth-order valence-corrected chi connectivity index (χ4v) is 2.58. The average Bonchev–Trinajstić information content (AvgIpc) is 2.71. The zero-order chi connectivity index (χ0) is 19.1. The van der Waals surface area contributed by atoms with Crippen LogP contribution in [0.5, 0.6) is 5.75 Å². The lowest BCUT2D eigenvalue weighted by Gasteiger charge is -2.10. The normalized spacial score (nSPS) is 10.3. The van der Waals surface area contributed by atoms with Crippen LogP contribution in [0.3, 0.4) is 0 Å². The molecule has 3 rings (SSSR count). The predicted octanol–water partition coefficient (Wildman–Crippen LogP) is 3.34. The van der Waals surface area contributed by atoms with Gasteiger partial charge in [0.05, 0.1) is 7.11 Å². The number of rotatable bonds is 7. The van der Waals surface area contributed by atoms with Gasteiger partial charge in [-0.2, -0.15) is 0 Å². The Labute approximate surface area is 158 Å². The molecule has 0 spiro atoms. The van der Waals surface area contributed by atoms with Crippen LogP contribution >= 0.6 is 0 Å². The molecule has 2 N–H and O–H groups in total. The van der Waals surface area contributed by atoms with Crippen molar-refractivity contribution in [2.24, 2.45) is 0 Å². The molecule has 1 aromatic heterocycles. The molecule has 1 heterocycles. The van der Waals surface area contributed by atoms with Gasteiger partial charge in [0.1, 0.15) is 23.1 Å². The second kappa shape index (κ2) is 8.80. The summed E-state index contributed by atoms with van der Waals surface area (Å²) < 4.78 is 5.16. The third-order valence-electron chi connectivity index (χ3n) is 4.00. The molecule has 0 aliphatic carbocycles. The van der Waals surface area contributed by atoms with Crippen LogP contribution in [0.2, 0.25) is 0 Å². The summed E-state index contributed by atoms with van der Waals surface area (Å²) in [5.41, 5.74) is 2.47. The SMILES string of the molecule is COc1ccc(CNc2cc(C(=O)NCc3ccccc3)nc(C)n2)cc1. The number of hydrogen-bond donors (Lipinski definition) is 2. The van der Waals surface area contributed by atoms with E-state index in [0.29, 0.717) is 30.4 Å². The first-order chi connectivity index (χ1) is 13.1. The van der Waals surface area contributed by atoms with Gasteiger partial charge in [0.25, 0.3) is 5.91 Å². The lowest BCUT2D eigenvalue weighted by molar-refractivity contribution is 0.0945. The summed E-state index contributed by atoms with van der Waals surface area (Å²) >= 11 is 0. The van der Waals surface area contributed by atoms with Crippen LogP contribution < -0.4 is 15.4 Å². The molecule has 0 atom stereocenters. The minimum absolute atomic E-state index is 0.225. The van der Waals surface area contributed by atoms with E-state index in [1.165, 1.54) is 0 Å². The summed E-state index contributed by atoms with van der Waals surface area (Å²) in [7, 11) is 1.64. The minimum atomic E-state index is -0.225. The van der Waals surface area contributed by atoms with E-state index in [1.807, 2.05) is 54.6 Å². The summed E-state index contributed by atoms with van der Waals surface area (Å²) in [6.45, 7) is 2.81. The van der Waals surface area contributed by atoms with E-state index in [4.69, 9.17) is 4.74 Å². The van der Waals surface area contributed by atoms with E-state index in [1.54, 1.807) is 20.1 Å². The maximum Gasteiger partial charge on any atom is 0.270 e. The fourth-order valence-electron chi connectivity index (χ4n) is 2.58. The van der Waals surface area contributed by atoms with E-state index in [2.05, 4.69) is 20.6 Å². The topological polar surface area (TPSA) is 76.1 Å². The Balaban J connectivity index is 1.63. The van der Waals surface area contributed by atoms with Gasteiger partial charge in [-0.1, -0.05) is 42.5 Å². The first-order valence-electron chi connectivity index (χ1n) is 8.68. The Morgan fingerprint density at radius 3 is 2.37 bits per heavy atom. The van der Waals surface area contributed by atoms with Gasteiger partial charge in [-0.25, -0.2) is 9.97 Å². The van der Waals surface area contributed by atoms with Gasteiger partial charge >= 0.3 is 0 Å². The number of nitrogens with one attached hydrogen (secondary N) is 2. The van der Waals surface area contributed by atoms with Gasteiger partial charge in [0, 0.05) is 19.2 Å². The smallest absolute Gasteiger partial charge is 0.270 e. The standard InChI is InChI=1S/C21H22N4O2/c1-15-24-19(21(26)23-14-16-6-4-3-5-7-16)12-20(25-15)22-13-17-8-10-18(27-2)11-9-17/h3-12H,13-14H2,1-2H3,(H,23,26)(H,22,24,25). The number of amides is 1. The molecule has 0 bridgehead atoms. The molecule has 138 valence electrons.